The number of carbonyl (C=O) groups is 1. The van der Waals surface area contributed by atoms with Gasteiger partial charge in [0.05, 0.1) is 27.6 Å². The largest absolute Gasteiger partial charge is 0.289 e. The van der Waals surface area contributed by atoms with Crippen molar-refractivity contribution in [3.05, 3.63) is 92.3 Å². The Labute approximate surface area is 160 Å². The maximum absolute atomic E-state index is 12.7. The number of halogens is 1. The summed E-state index contributed by atoms with van der Waals surface area (Å²) in [5, 5.41) is 15.5. The van der Waals surface area contributed by atoms with Crippen LogP contribution < -0.4 is 0 Å². The summed E-state index contributed by atoms with van der Waals surface area (Å²) in [5.41, 5.74) is 3.05. The molecule has 27 heavy (non-hydrogen) atoms. The van der Waals surface area contributed by atoms with Crippen molar-refractivity contribution < 1.29 is 9.72 Å². The van der Waals surface area contributed by atoms with Gasteiger partial charge in [0.15, 0.2) is 5.78 Å². The van der Waals surface area contributed by atoms with Gasteiger partial charge >= 0.3 is 0 Å². The van der Waals surface area contributed by atoms with E-state index in [0.29, 0.717) is 16.8 Å². The molecular formula is C20H16ClN3O3. The smallest absolute Gasteiger partial charge is 0.288 e. The predicted octanol–water partition coefficient (Wildman–Crippen LogP) is 4.95. The highest BCUT2D eigenvalue weighted by atomic mass is 35.5. The molecule has 0 N–H and O–H groups in total. The van der Waals surface area contributed by atoms with Crippen LogP contribution >= 0.6 is 11.6 Å². The van der Waals surface area contributed by atoms with Crippen LogP contribution in [0.1, 0.15) is 27.3 Å². The van der Waals surface area contributed by atoms with Gasteiger partial charge in [0, 0.05) is 6.07 Å². The first-order valence-electron chi connectivity index (χ1n) is 8.16. The number of para-hydroxylation sites is 1. The van der Waals surface area contributed by atoms with E-state index in [1.807, 2.05) is 37.3 Å². The summed E-state index contributed by atoms with van der Waals surface area (Å²) in [7, 11) is 0. The van der Waals surface area contributed by atoms with Gasteiger partial charge in [-0.05, 0) is 43.7 Å². The molecule has 0 aliphatic heterocycles. The molecule has 0 unspecified atom stereocenters. The fraction of sp³-hybridized carbons (Fsp3) is 0.100. The zero-order valence-electron chi connectivity index (χ0n) is 14.7. The molecule has 0 saturated carbocycles. The highest BCUT2D eigenvalue weighted by molar-refractivity contribution is 6.32. The third-order valence-electron chi connectivity index (χ3n) is 4.13. The van der Waals surface area contributed by atoms with E-state index in [0.717, 1.165) is 11.4 Å². The standard InChI is InChI=1S/C20H16ClN3O3/c1-13-20(14(2)23(22-13)16-6-4-3-5-7-16)19(25)11-9-15-8-10-17(21)18(12-15)24(26)27/h3-12H,1-2H3/b11-9+. The number of carbonyl (C=O) groups excluding carboxylic acids is 1. The predicted molar refractivity (Wildman–Crippen MR) is 105 cm³/mol. The lowest BCUT2D eigenvalue weighted by molar-refractivity contribution is -0.384. The summed E-state index contributed by atoms with van der Waals surface area (Å²) in [6.07, 6.45) is 2.92. The van der Waals surface area contributed by atoms with Crippen LogP contribution in [0.2, 0.25) is 5.02 Å². The Hall–Kier alpha value is -3.25. The Morgan fingerprint density at radius 1 is 1.19 bits per heavy atom. The minimum Gasteiger partial charge on any atom is -0.289 e. The van der Waals surface area contributed by atoms with E-state index >= 15 is 0 Å². The third-order valence-corrected chi connectivity index (χ3v) is 4.45. The summed E-state index contributed by atoms with van der Waals surface area (Å²) in [4.78, 5) is 23.1. The average molecular weight is 382 g/mol. The van der Waals surface area contributed by atoms with Crippen molar-refractivity contribution in [3.63, 3.8) is 0 Å². The van der Waals surface area contributed by atoms with Crippen LogP contribution in [-0.2, 0) is 0 Å². The van der Waals surface area contributed by atoms with Crippen molar-refractivity contribution in [2.45, 2.75) is 13.8 Å². The average Bonchev–Trinajstić information content (AvgIpc) is 2.95. The van der Waals surface area contributed by atoms with Gasteiger partial charge in [0.2, 0.25) is 0 Å². The number of nitro groups is 1. The maximum atomic E-state index is 12.7. The molecule has 0 amide bonds. The molecule has 0 aliphatic carbocycles. The highest BCUT2D eigenvalue weighted by Crippen LogP contribution is 2.26. The van der Waals surface area contributed by atoms with Gasteiger partial charge in [-0.3, -0.25) is 14.9 Å². The molecular weight excluding hydrogens is 366 g/mol. The number of allylic oxidation sites excluding steroid dienone is 1. The lowest BCUT2D eigenvalue weighted by Crippen LogP contribution is -2.01. The minimum atomic E-state index is -0.556. The molecule has 6 nitrogen and oxygen atoms in total. The Morgan fingerprint density at radius 2 is 1.89 bits per heavy atom. The minimum absolute atomic E-state index is 0.0549. The first kappa shape index (κ1) is 18.5. The van der Waals surface area contributed by atoms with Crippen LogP contribution in [0, 0.1) is 24.0 Å². The lowest BCUT2D eigenvalue weighted by Gasteiger charge is -2.04. The van der Waals surface area contributed by atoms with E-state index in [-0.39, 0.29) is 16.5 Å². The third kappa shape index (κ3) is 3.80. The number of hydrogen-bond donors (Lipinski definition) is 0. The fourth-order valence-corrected chi connectivity index (χ4v) is 3.03. The van der Waals surface area contributed by atoms with Gasteiger partial charge in [-0.15, -0.1) is 0 Å². The van der Waals surface area contributed by atoms with Crippen LogP contribution in [-0.4, -0.2) is 20.5 Å². The second-order valence-corrected chi connectivity index (χ2v) is 6.37. The van der Waals surface area contributed by atoms with Crippen LogP contribution in [0.25, 0.3) is 11.8 Å². The van der Waals surface area contributed by atoms with E-state index in [1.165, 1.54) is 24.3 Å². The number of nitrogens with zero attached hydrogens (tertiary/aromatic N) is 3. The Morgan fingerprint density at radius 3 is 2.56 bits per heavy atom. The quantitative estimate of drug-likeness (QED) is 0.271. The lowest BCUT2D eigenvalue weighted by atomic mass is 10.1. The Kier molecular flexibility index (Phi) is 5.19. The van der Waals surface area contributed by atoms with Crippen LogP contribution in [0.3, 0.4) is 0 Å². The molecule has 0 spiro atoms. The molecule has 136 valence electrons. The molecule has 1 aromatic heterocycles. The van der Waals surface area contributed by atoms with Crippen molar-refractivity contribution >= 4 is 29.1 Å². The molecule has 1 heterocycles. The van der Waals surface area contributed by atoms with E-state index in [2.05, 4.69) is 5.10 Å². The number of rotatable bonds is 5. The molecule has 0 bridgehead atoms. The van der Waals surface area contributed by atoms with Crippen molar-refractivity contribution in [1.82, 2.24) is 9.78 Å². The van der Waals surface area contributed by atoms with E-state index < -0.39 is 4.92 Å². The Balaban J connectivity index is 1.91. The second kappa shape index (κ2) is 7.55. The van der Waals surface area contributed by atoms with Gasteiger partial charge in [-0.2, -0.15) is 5.10 Å². The van der Waals surface area contributed by atoms with Crippen molar-refractivity contribution in [2.24, 2.45) is 0 Å². The summed E-state index contributed by atoms with van der Waals surface area (Å²) >= 11 is 5.81. The topological polar surface area (TPSA) is 78.0 Å². The molecule has 0 radical (unpaired) electrons. The summed E-state index contributed by atoms with van der Waals surface area (Å²) in [5.74, 6) is -0.218. The zero-order valence-corrected chi connectivity index (χ0v) is 15.5. The number of benzene rings is 2. The van der Waals surface area contributed by atoms with Crippen LogP contribution in [0.15, 0.2) is 54.6 Å². The molecule has 0 aliphatic rings. The SMILES string of the molecule is Cc1nn(-c2ccccc2)c(C)c1C(=O)/C=C/c1ccc(Cl)c([N+](=O)[O-])c1. The van der Waals surface area contributed by atoms with Crippen LogP contribution in [0.5, 0.6) is 0 Å². The molecule has 2 aromatic carbocycles. The zero-order chi connectivity index (χ0) is 19.6. The van der Waals surface area contributed by atoms with Crippen LogP contribution in [0.4, 0.5) is 5.69 Å². The highest BCUT2D eigenvalue weighted by Gasteiger charge is 2.18. The van der Waals surface area contributed by atoms with E-state index in [1.54, 1.807) is 17.7 Å². The van der Waals surface area contributed by atoms with E-state index in [4.69, 9.17) is 11.6 Å². The number of aromatic nitrogens is 2. The van der Waals surface area contributed by atoms with Gasteiger partial charge in [-0.1, -0.05) is 41.9 Å². The monoisotopic (exact) mass is 381 g/mol. The summed E-state index contributed by atoms with van der Waals surface area (Å²) in [6, 6.07) is 13.9. The summed E-state index contributed by atoms with van der Waals surface area (Å²) in [6.45, 7) is 3.61. The first-order chi connectivity index (χ1) is 12.9. The molecule has 0 saturated heterocycles. The first-order valence-corrected chi connectivity index (χ1v) is 8.54. The molecule has 0 atom stereocenters. The molecule has 3 aromatic rings. The molecule has 0 fully saturated rings. The molecule has 7 heteroatoms. The number of nitro benzene ring substituents is 1. The van der Waals surface area contributed by atoms with Crippen molar-refractivity contribution in [3.8, 4) is 5.69 Å². The number of ketones is 1. The van der Waals surface area contributed by atoms with Gasteiger partial charge in [-0.25, -0.2) is 4.68 Å². The van der Waals surface area contributed by atoms with E-state index in [9.17, 15) is 14.9 Å². The fourth-order valence-electron chi connectivity index (χ4n) is 2.85. The molecule has 3 rings (SSSR count). The Bertz CT molecular complexity index is 1060. The van der Waals surface area contributed by atoms with Crippen molar-refractivity contribution in [2.75, 3.05) is 0 Å². The number of aryl methyl sites for hydroxylation is 1. The summed E-state index contributed by atoms with van der Waals surface area (Å²) < 4.78 is 1.73. The van der Waals surface area contributed by atoms with Crippen molar-refractivity contribution in [1.29, 1.82) is 0 Å². The normalized spacial score (nSPS) is 11.1. The van der Waals surface area contributed by atoms with Gasteiger partial charge < -0.3 is 0 Å². The number of hydrogen-bond acceptors (Lipinski definition) is 4. The van der Waals surface area contributed by atoms with Gasteiger partial charge in [0.1, 0.15) is 5.02 Å². The van der Waals surface area contributed by atoms with Gasteiger partial charge in [0.25, 0.3) is 5.69 Å². The maximum Gasteiger partial charge on any atom is 0.288 e. The second-order valence-electron chi connectivity index (χ2n) is 5.96.